The number of carbonyl (C=O) groups is 5. The third-order valence-corrected chi connectivity index (χ3v) is 6.19. The Labute approximate surface area is 169 Å². The van der Waals surface area contributed by atoms with Gasteiger partial charge < -0.3 is 10.1 Å². The fourth-order valence-corrected chi connectivity index (χ4v) is 4.51. The van der Waals surface area contributed by atoms with Crippen LogP contribution in [0.1, 0.15) is 65.2 Å². The van der Waals surface area contributed by atoms with Gasteiger partial charge in [0.2, 0.25) is 11.8 Å². The van der Waals surface area contributed by atoms with Crippen molar-refractivity contribution in [3.8, 4) is 0 Å². The average Bonchev–Trinajstić information content (AvgIpc) is 3.28. The van der Waals surface area contributed by atoms with Crippen LogP contribution in [0, 0.1) is 11.8 Å². The van der Waals surface area contributed by atoms with Crippen molar-refractivity contribution in [3.05, 3.63) is 0 Å². The number of nitrogens with one attached hydrogen (secondary N) is 2. The molecule has 0 radical (unpaired) electrons. The Hall–Kier alpha value is -2.45. The molecule has 5 amide bonds. The second kappa shape index (κ2) is 8.92. The number of ether oxygens (including phenoxy) is 1. The summed E-state index contributed by atoms with van der Waals surface area (Å²) < 4.78 is 5.13. The Morgan fingerprint density at radius 1 is 0.931 bits per heavy atom. The highest BCUT2D eigenvalue weighted by Gasteiger charge is 2.51. The van der Waals surface area contributed by atoms with Crippen LogP contribution in [0.25, 0.3) is 0 Å². The zero-order chi connectivity index (χ0) is 21.1. The van der Waals surface area contributed by atoms with Gasteiger partial charge in [0.25, 0.3) is 5.91 Å². The maximum atomic E-state index is 12.6. The van der Waals surface area contributed by atoms with Crippen LogP contribution in [0.4, 0.5) is 4.79 Å². The van der Waals surface area contributed by atoms with Crippen LogP contribution in [0.2, 0.25) is 0 Å². The molecule has 0 bridgehead atoms. The molecule has 3 rings (SSSR count). The minimum atomic E-state index is -1.23. The van der Waals surface area contributed by atoms with Crippen molar-refractivity contribution in [2.45, 2.75) is 83.4 Å². The monoisotopic (exact) mass is 407 g/mol. The Balaban J connectivity index is 1.51. The molecular formula is C20H29N3O6. The number of fused-ring (bicyclic) bond motifs is 1. The standard InChI is InChI=1S/C20H29N3O6/c1-11(23-17(25)14-9-5-6-10-15(14)18(23)26)19(27)29-12(2)16(24)22-20(28)21-13-7-3-4-8-13/h11-15H,3-10H2,1-2H3,(H2,21,22,24,28)/t11-,12+,14-,15+/m0/s1. The fraction of sp³-hybridized carbons (Fsp3) is 0.750. The molecule has 1 aliphatic heterocycles. The maximum absolute atomic E-state index is 12.6. The normalized spacial score (nSPS) is 26.6. The Morgan fingerprint density at radius 3 is 2.00 bits per heavy atom. The first-order chi connectivity index (χ1) is 13.8. The van der Waals surface area contributed by atoms with E-state index < -0.39 is 30.1 Å². The van der Waals surface area contributed by atoms with Crippen molar-refractivity contribution in [3.63, 3.8) is 0 Å². The minimum absolute atomic E-state index is 0.0522. The molecule has 2 saturated carbocycles. The van der Waals surface area contributed by atoms with Crippen LogP contribution in [-0.4, -0.2) is 52.8 Å². The summed E-state index contributed by atoms with van der Waals surface area (Å²) in [7, 11) is 0. The highest BCUT2D eigenvalue weighted by molar-refractivity contribution is 6.08. The summed E-state index contributed by atoms with van der Waals surface area (Å²) in [4.78, 5) is 62.7. The van der Waals surface area contributed by atoms with Crippen LogP contribution in [-0.2, 0) is 23.9 Å². The number of amides is 5. The molecule has 160 valence electrons. The number of urea groups is 1. The van der Waals surface area contributed by atoms with Gasteiger partial charge in [0.05, 0.1) is 11.8 Å². The van der Waals surface area contributed by atoms with E-state index in [-0.39, 0.29) is 29.7 Å². The Kier molecular flexibility index (Phi) is 6.54. The predicted molar refractivity (Wildman–Crippen MR) is 101 cm³/mol. The lowest BCUT2D eigenvalue weighted by atomic mass is 9.81. The molecule has 29 heavy (non-hydrogen) atoms. The number of nitrogens with zero attached hydrogens (tertiary/aromatic N) is 1. The average molecular weight is 407 g/mol. The summed E-state index contributed by atoms with van der Waals surface area (Å²) in [5.74, 6) is -2.98. The van der Waals surface area contributed by atoms with Gasteiger partial charge in [-0.2, -0.15) is 0 Å². The van der Waals surface area contributed by atoms with Crippen molar-refractivity contribution in [2.24, 2.45) is 11.8 Å². The molecule has 2 aliphatic carbocycles. The number of hydrogen-bond acceptors (Lipinski definition) is 6. The van der Waals surface area contributed by atoms with E-state index in [9.17, 15) is 24.0 Å². The molecule has 0 aromatic heterocycles. The SMILES string of the molecule is C[C@@H](OC(=O)[C@H](C)N1C(=O)[C@H]2CCCC[C@H]2C1=O)C(=O)NC(=O)NC1CCCC1. The summed E-state index contributed by atoms with van der Waals surface area (Å²) in [5, 5.41) is 4.88. The number of likely N-dealkylation sites (tertiary alicyclic amines) is 1. The van der Waals surface area contributed by atoms with Crippen molar-refractivity contribution in [1.29, 1.82) is 0 Å². The van der Waals surface area contributed by atoms with E-state index in [2.05, 4.69) is 10.6 Å². The number of hydrogen-bond donors (Lipinski definition) is 2. The highest BCUT2D eigenvalue weighted by atomic mass is 16.5. The van der Waals surface area contributed by atoms with Crippen LogP contribution in [0.15, 0.2) is 0 Å². The maximum Gasteiger partial charge on any atom is 0.329 e. The van der Waals surface area contributed by atoms with Crippen molar-refractivity contribution < 1.29 is 28.7 Å². The molecule has 0 aromatic rings. The second-order valence-corrected chi connectivity index (χ2v) is 8.24. The van der Waals surface area contributed by atoms with E-state index >= 15 is 0 Å². The van der Waals surface area contributed by atoms with E-state index in [4.69, 9.17) is 4.74 Å². The van der Waals surface area contributed by atoms with Gasteiger partial charge >= 0.3 is 12.0 Å². The first-order valence-electron chi connectivity index (χ1n) is 10.5. The molecule has 3 aliphatic rings. The summed E-state index contributed by atoms with van der Waals surface area (Å²) in [6.45, 7) is 2.77. The third-order valence-electron chi connectivity index (χ3n) is 6.19. The number of rotatable bonds is 5. The molecule has 3 fully saturated rings. The molecule has 2 N–H and O–H groups in total. The van der Waals surface area contributed by atoms with E-state index in [1.807, 2.05) is 0 Å². The molecule has 9 nitrogen and oxygen atoms in total. The quantitative estimate of drug-likeness (QED) is 0.522. The van der Waals surface area contributed by atoms with Gasteiger partial charge in [0.15, 0.2) is 6.10 Å². The lowest BCUT2D eigenvalue weighted by Gasteiger charge is -2.23. The minimum Gasteiger partial charge on any atom is -0.451 e. The Morgan fingerprint density at radius 2 is 1.45 bits per heavy atom. The van der Waals surface area contributed by atoms with E-state index in [1.165, 1.54) is 13.8 Å². The zero-order valence-corrected chi connectivity index (χ0v) is 16.9. The molecule has 1 heterocycles. The second-order valence-electron chi connectivity index (χ2n) is 8.24. The van der Waals surface area contributed by atoms with Crippen LogP contribution >= 0.6 is 0 Å². The largest absolute Gasteiger partial charge is 0.451 e. The summed E-state index contributed by atoms with van der Waals surface area (Å²) >= 11 is 0. The van der Waals surface area contributed by atoms with Crippen molar-refractivity contribution in [2.75, 3.05) is 0 Å². The summed E-state index contributed by atoms with van der Waals surface area (Å²) in [6.07, 6.45) is 5.72. The van der Waals surface area contributed by atoms with Crippen LogP contribution in [0.3, 0.4) is 0 Å². The van der Waals surface area contributed by atoms with Crippen LogP contribution in [0.5, 0.6) is 0 Å². The van der Waals surface area contributed by atoms with E-state index in [0.29, 0.717) is 12.8 Å². The van der Waals surface area contributed by atoms with E-state index in [0.717, 1.165) is 43.4 Å². The lowest BCUT2D eigenvalue weighted by molar-refractivity contribution is -0.163. The first-order valence-corrected chi connectivity index (χ1v) is 10.5. The van der Waals surface area contributed by atoms with Gasteiger partial charge in [0, 0.05) is 6.04 Å². The van der Waals surface area contributed by atoms with Gasteiger partial charge in [-0.1, -0.05) is 25.7 Å². The van der Waals surface area contributed by atoms with Crippen molar-refractivity contribution >= 4 is 29.7 Å². The molecule has 0 aromatic carbocycles. The smallest absolute Gasteiger partial charge is 0.329 e. The summed E-state index contributed by atoms with van der Waals surface area (Å²) in [6, 6.07) is -1.67. The van der Waals surface area contributed by atoms with Gasteiger partial charge in [0.1, 0.15) is 6.04 Å². The van der Waals surface area contributed by atoms with Crippen molar-refractivity contribution in [1.82, 2.24) is 15.5 Å². The summed E-state index contributed by atoms with van der Waals surface area (Å²) in [5.41, 5.74) is 0. The van der Waals surface area contributed by atoms with Gasteiger partial charge in [-0.25, -0.2) is 9.59 Å². The Bertz CT molecular complexity index is 678. The zero-order valence-electron chi connectivity index (χ0n) is 16.9. The third kappa shape index (κ3) is 4.59. The molecular weight excluding hydrogens is 378 g/mol. The molecule has 0 spiro atoms. The lowest BCUT2D eigenvalue weighted by Crippen LogP contribution is -2.49. The van der Waals surface area contributed by atoms with Crippen LogP contribution < -0.4 is 10.6 Å². The number of imide groups is 2. The van der Waals surface area contributed by atoms with E-state index in [1.54, 1.807) is 0 Å². The number of carbonyl (C=O) groups excluding carboxylic acids is 5. The molecule has 4 atom stereocenters. The van der Waals surface area contributed by atoms with Gasteiger partial charge in [-0.15, -0.1) is 0 Å². The molecule has 0 unspecified atom stereocenters. The predicted octanol–water partition coefficient (Wildman–Crippen LogP) is 1.25. The van der Waals surface area contributed by atoms with Gasteiger partial charge in [-0.3, -0.25) is 24.6 Å². The molecule has 1 saturated heterocycles. The highest BCUT2D eigenvalue weighted by Crippen LogP contribution is 2.38. The topological polar surface area (TPSA) is 122 Å². The first kappa shape index (κ1) is 21.3. The van der Waals surface area contributed by atoms with Gasteiger partial charge in [-0.05, 0) is 39.5 Å². The fourth-order valence-electron chi connectivity index (χ4n) is 4.51. The molecule has 9 heteroatoms. The number of esters is 1.